The summed E-state index contributed by atoms with van der Waals surface area (Å²) in [5.74, 6) is 2.61. The molecule has 6 rings (SSSR count). The van der Waals surface area contributed by atoms with Gasteiger partial charge in [-0.3, -0.25) is 9.59 Å². The Kier molecular flexibility index (Phi) is 7.37. The standard InChI is InChI=1S/C30H37N7O4/c1-18-11-22(13-26(41-3)19(18)2)36-15-27(31-17-36)33-30-32-25-8-10-35(29(40)20-6-7-23(39)12-20)14-24(25)28(34-30)37-9-4-5-21(37)16-38/h11,13,15,17,20-21,38H,4-10,12,14,16H2,1-3H3,(H,32,33,34)/t20-,21+/m1/s1. The Bertz CT molecular complexity index is 1490. The van der Waals surface area contributed by atoms with E-state index in [0.29, 0.717) is 50.5 Å². The molecule has 2 aliphatic heterocycles. The van der Waals surface area contributed by atoms with Gasteiger partial charge in [-0.05, 0) is 50.3 Å². The third kappa shape index (κ3) is 5.26. The molecule has 2 aromatic heterocycles. The molecule has 3 aromatic rings. The number of aryl methyl sites for hydroxylation is 1. The minimum Gasteiger partial charge on any atom is -0.496 e. The molecule has 1 amide bonds. The molecule has 1 saturated heterocycles. The number of imidazole rings is 1. The van der Waals surface area contributed by atoms with Crippen LogP contribution in [-0.2, 0) is 22.6 Å². The molecule has 1 aromatic carbocycles. The molecule has 216 valence electrons. The van der Waals surface area contributed by atoms with E-state index in [4.69, 9.17) is 14.7 Å². The fourth-order valence-electron chi connectivity index (χ4n) is 6.28. The number of aliphatic hydroxyl groups is 1. The highest BCUT2D eigenvalue weighted by atomic mass is 16.5. The number of ketones is 1. The number of nitrogens with one attached hydrogen (secondary N) is 1. The Morgan fingerprint density at radius 1 is 1.17 bits per heavy atom. The van der Waals surface area contributed by atoms with E-state index in [0.717, 1.165) is 59.0 Å². The predicted molar refractivity (Wildman–Crippen MR) is 154 cm³/mol. The average molecular weight is 560 g/mol. The molecule has 0 radical (unpaired) electrons. The fraction of sp³-hybridized carbons (Fsp3) is 0.500. The van der Waals surface area contributed by atoms with Crippen LogP contribution in [0.25, 0.3) is 5.69 Å². The molecule has 3 aliphatic rings. The van der Waals surface area contributed by atoms with Gasteiger partial charge in [0.1, 0.15) is 23.7 Å². The monoisotopic (exact) mass is 559 g/mol. The number of aromatic nitrogens is 4. The van der Waals surface area contributed by atoms with Crippen LogP contribution in [0.4, 0.5) is 17.6 Å². The Morgan fingerprint density at radius 2 is 2.02 bits per heavy atom. The van der Waals surface area contributed by atoms with Crippen LogP contribution in [0.1, 0.15) is 54.5 Å². The maximum Gasteiger partial charge on any atom is 0.230 e. The number of hydrogen-bond acceptors (Lipinski definition) is 9. The minimum atomic E-state index is -0.223. The summed E-state index contributed by atoms with van der Waals surface area (Å²) in [7, 11) is 1.67. The Labute approximate surface area is 239 Å². The lowest BCUT2D eigenvalue weighted by atomic mass is 10.0. The van der Waals surface area contributed by atoms with Crippen molar-refractivity contribution >= 4 is 29.3 Å². The largest absolute Gasteiger partial charge is 0.496 e. The maximum atomic E-state index is 13.3. The average Bonchev–Trinajstić information content (AvgIpc) is 3.74. The van der Waals surface area contributed by atoms with Crippen molar-refractivity contribution in [2.45, 2.75) is 65.0 Å². The molecule has 0 unspecified atom stereocenters. The molecule has 1 saturated carbocycles. The summed E-state index contributed by atoms with van der Waals surface area (Å²) in [6, 6.07) is 4.05. The molecule has 11 heteroatoms. The van der Waals surface area contributed by atoms with E-state index in [9.17, 15) is 14.7 Å². The van der Waals surface area contributed by atoms with E-state index >= 15 is 0 Å². The smallest absolute Gasteiger partial charge is 0.230 e. The van der Waals surface area contributed by atoms with Gasteiger partial charge in [0, 0.05) is 49.9 Å². The second-order valence-electron chi connectivity index (χ2n) is 11.3. The van der Waals surface area contributed by atoms with Crippen molar-refractivity contribution in [1.29, 1.82) is 0 Å². The molecule has 41 heavy (non-hydrogen) atoms. The van der Waals surface area contributed by atoms with E-state index in [1.807, 2.05) is 28.7 Å². The Hall–Kier alpha value is -3.99. The molecular weight excluding hydrogens is 522 g/mol. The molecule has 0 spiro atoms. The summed E-state index contributed by atoms with van der Waals surface area (Å²) in [5.41, 5.74) is 4.98. The molecule has 1 aliphatic carbocycles. The van der Waals surface area contributed by atoms with Gasteiger partial charge in [-0.2, -0.15) is 4.98 Å². The Balaban J connectivity index is 1.29. The van der Waals surface area contributed by atoms with Crippen LogP contribution in [0.15, 0.2) is 24.7 Å². The zero-order valence-corrected chi connectivity index (χ0v) is 23.9. The normalized spacial score (nSPS) is 20.4. The zero-order chi connectivity index (χ0) is 28.7. The maximum absolute atomic E-state index is 13.3. The van der Waals surface area contributed by atoms with Gasteiger partial charge in [-0.1, -0.05) is 0 Å². The molecule has 0 bridgehead atoms. The third-order valence-electron chi connectivity index (χ3n) is 8.75. The van der Waals surface area contributed by atoms with Gasteiger partial charge < -0.3 is 29.5 Å². The van der Waals surface area contributed by atoms with Gasteiger partial charge in [-0.15, -0.1) is 0 Å². The van der Waals surface area contributed by atoms with Crippen LogP contribution < -0.4 is 15.0 Å². The van der Waals surface area contributed by atoms with Crippen LogP contribution in [0.5, 0.6) is 5.75 Å². The molecular formula is C30H37N7O4. The number of benzene rings is 1. The lowest BCUT2D eigenvalue weighted by Crippen LogP contribution is -2.41. The number of methoxy groups -OCH3 is 1. The van der Waals surface area contributed by atoms with Crippen molar-refractivity contribution in [2.75, 3.05) is 37.0 Å². The first kappa shape index (κ1) is 27.2. The lowest BCUT2D eigenvalue weighted by Gasteiger charge is -2.34. The number of aliphatic hydroxyl groups excluding tert-OH is 1. The van der Waals surface area contributed by atoms with Crippen LogP contribution in [0.2, 0.25) is 0 Å². The summed E-state index contributed by atoms with van der Waals surface area (Å²) in [6.07, 6.45) is 7.54. The Morgan fingerprint density at radius 3 is 2.78 bits per heavy atom. The van der Waals surface area contributed by atoms with E-state index in [1.165, 1.54) is 0 Å². The van der Waals surface area contributed by atoms with Crippen molar-refractivity contribution in [3.63, 3.8) is 0 Å². The number of amides is 1. The molecule has 2 N–H and O–H groups in total. The number of nitrogens with zero attached hydrogens (tertiary/aromatic N) is 6. The minimum absolute atomic E-state index is 0.0284. The number of carbonyl (C=O) groups is 2. The summed E-state index contributed by atoms with van der Waals surface area (Å²) in [6.45, 7) is 5.88. The highest BCUT2D eigenvalue weighted by Crippen LogP contribution is 2.35. The number of hydrogen-bond donors (Lipinski definition) is 2. The predicted octanol–water partition coefficient (Wildman–Crippen LogP) is 3.25. The van der Waals surface area contributed by atoms with Crippen molar-refractivity contribution in [2.24, 2.45) is 5.92 Å². The first-order valence-corrected chi connectivity index (χ1v) is 14.4. The second kappa shape index (κ2) is 11.1. The number of carbonyl (C=O) groups excluding carboxylic acids is 2. The van der Waals surface area contributed by atoms with E-state index in [2.05, 4.69) is 28.2 Å². The lowest BCUT2D eigenvalue weighted by molar-refractivity contribution is -0.137. The SMILES string of the molecule is COc1cc(-n2cnc(Nc3nc4c(c(N5CCC[C@H]5CO)n3)CN(C(=O)[C@@H]3CCC(=O)C3)CC4)c2)cc(C)c1C. The van der Waals surface area contributed by atoms with E-state index in [-0.39, 0.29) is 30.3 Å². The van der Waals surface area contributed by atoms with Crippen molar-refractivity contribution in [3.8, 4) is 11.4 Å². The second-order valence-corrected chi connectivity index (χ2v) is 11.3. The summed E-state index contributed by atoms with van der Waals surface area (Å²) < 4.78 is 7.47. The van der Waals surface area contributed by atoms with Gasteiger partial charge in [0.2, 0.25) is 11.9 Å². The van der Waals surface area contributed by atoms with Crippen LogP contribution in [0, 0.1) is 19.8 Å². The first-order chi connectivity index (χ1) is 19.8. The number of ether oxygens (including phenoxy) is 1. The third-order valence-corrected chi connectivity index (χ3v) is 8.75. The van der Waals surface area contributed by atoms with Crippen molar-refractivity contribution in [3.05, 3.63) is 47.0 Å². The zero-order valence-electron chi connectivity index (χ0n) is 23.9. The first-order valence-electron chi connectivity index (χ1n) is 14.4. The highest BCUT2D eigenvalue weighted by molar-refractivity contribution is 5.90. The van der Waals surface area contributed by atoms with Crippen LogP contribution >= 0.6 is 0 Å². The van der Waals surface area contributed by atoms with Gasteiger partial charge in [0.25, 0.3) is 0 Å². The van der Waals surface area contributed by atoms with Gasteiger partial charge >= 0.3 is 0 Å². The number of rotatable bonds is 7. The molecule has 2 atom stereocenters. The summed E-state index contributed by atoms with van der Waals surface area (Å²) in [4.78, 5) is 43.4. The molecule has 11 nitrogen and oxygen atoms in total. The van der Waals surface area contributed by atoms with E-state index < -0.39 is 0 Å². The fourth-order valence-corrected chi connectivity index (χ4v) is 6.28. The van der Waals surface area contributed by atoms with Crippen LogP contribution in [-0.4, -0.2) is 74.1 Å². The highest BCUT2D eigenvalue weighted by Gasteiger charge is 2.36. The van der Waals surface area contributed by atoms with E-state index in [1.54, 1.807) is 13.4 Å². The number of Topliss-reactive ketones (excluding diaryl/α,β-unsaturated/α-hetero) is 1. The summed E-state index contributed by atoms with van der Waals surface area (Å²) >= 11 is 0. The molecule has 2 fully saturated rings. The number of fused-ring (bicyclic) bond motifs is 1. The van der Waals surface area contributed by atoms with Gasteiger partial charge in [0.05, 0.1) is 43.9 Å². The van der Waals surface area contributed by atoms with Crippen molar-refractivity contribution in [1.82, 2.24) is 24.4 Å². The van der Waals surface area contributed by atoms with Gasteiger partial charge in [0.15, 0.2) is 5.82 Å². The summed E-state index contributed by atoms with van der Waals surface area (Å²) in [5, 5.41) is 13.4. The van der Waals surface area contributed by atoms with Crippen LogP contribution in [0.3, 0.4) is 0 Å². The topological polar surface area (TPSA) is 126 Å². The van der Waals surface area contributed by atoms with Crippen molar-refractivity contribution < 1.29 is 19.4 Å². The molecule has 4 heterocycles. The van der Waals surface area contributed by atoms with Gasteiger partial charge in [-0.25, -0.2) is 9.97 Å². The quantitative estimate of drug-likeness (QED) is 0.449. The number of anilines is 3.